The maximum atomic E-state index is 15.4. The van der Waals surface area contributed by atoms with Crippen molar-refractivity contribution in [2.24, 2.45) is 28.9 Å². The first kappa shape index (κ1) is 91.8. The van der Waals surface area contributed by atoms with Gasteiger partial charge in [0.2, 0.25) is 82.7 Å². The molecule has 2 aromatic rings. The van der Waals surface area contributed by atoms with Gasteiger partial charge >= 0.3 is 0 Å². The van der Waals surface area contributed by atoms with Crippen LogP contribution in [0, 0.1) is 23.2 Å². The summed E-state index contributed by atoms with van der Waals surface area (Å²) in [6, 6.07) is -9.53. The van der Waals surface area contributed by atoms with Gasteiger partial charge in [0, 0.05) is 63.6 Å². The van der Waals surface area contributed by atoms with Crippen LogP contribution >= 0.6 is 0 Å². The largest absolute Gasteiger partial charge is 0.393 e. The first-order valence-electron chi connectivity index (χ1n) is 40.2. The number of nitrogens with two attached hydrogens (primary N) is 1. The Kier molecular flexibility index (Phi) is 36.4. The number of primary amides is 1. The molecule has 3 fully saturated rings. The molecule has 13 atom stereocenters. The van der Waals surface area contributed by atoms with Crippen molar-refractivity contribution in [3.8, 4) is 0 Å². The maximum absolute atomic E-state index is 15.4. The molecule has 18 N–H and O–H groups in total. The molecule has 624 valence electrons. The predicted octanol–water partition coefficient (Wildman–Crippen LogP) is 1.33. The fraction of sp³-hybridized carbons (Fsp3) is 0.709. The summed E-state index contributed by atoms with van der Waals surface area (Å²) in [5.74, 6) is -10.6. The SMILES string of the molecule is CCC[C@H](NC(=O)[C@H](CC1CCC(O)CC1)NC(=O)[C@H](C)NC(=O)[C@]1(C)CC/C=C/CCC[C@@H](C)C(=O)N[C@H](C(N)=O)CCCCNC(=O)CCC[C@H](NC(C)=O)C(=O)N[C@@H](C(C)(C)C)C(=O)N[C@@H](CC2CCC(O)CC2)C(=O)N2CCC[C@H]2C(=O)N[C@@H]([C@@H](C)O)C(=O)N[C@@H](Cc2c[nH]c3ncccc23)C(=O)N1)C(=O)NC. The van der Waals surface area contributed by atoms with Gasteiger partial charge in [-0.15, -0.1) is 0 Å². The summed E-state index contributed by atoms with van der Waals surface area (Å²) >= 11 is 0. The van der Waals surface area contributed by atoms with E-state index in [4.69, 9.17) is 5.73 Å². The van der Waals surface area contributed by atoms with E-state index in [-0.39, 0.29) is 95.0 Å². The molecule has 1 saturated heterocycles. The number of pyridine rings is 1. The molecule has 14 amide bonds. The van der Waals surface area contributed by atoms with Crippen LogP contribution in [-0.4, -0.2) is 217 Å². The Bertz CT molecular complexity index is 3580. The number of carbonyl (C=O) groups excluding carboxylic acids is 14. The van der Waals surface area contributed by atoms with Crippen LogP contribution in [-0.2, 0) is 73.5 Å². The summed E-state index contributed by atoms with van der Waals surface area (Å²) in [5.41, 5.74) is 3.72. The van der Waals surface area contributed by atoms with Crippen LogP contribution in [0.15, 0.2) is 36.7 Å². The van der Waals surface area contributed by atoms with E-state index in [1.54, 1.807) is 58.3 Å². The van der Waals surface area contributed by atoms with Gasteiger partial charge in [-0.2, -0.15) is 0 Å². The number of fused-ring (bicyclic) bond motifs is 2. The average molecular weight is 1570 g/mol. The van der Waals surface area contributed by atoms with Crippen LogP contribution < -0.4 is 69.5 Å². The third-order valence-corrected chi connectivity index (χ3v) is 22.0. The van der Waals surface area contributed by atoms with Crippen LogP contribution in [0.1, 0.15) is 228 Å². The van der Waals surface area contributed by atoms with Gasteiger partial charge in [-0.1, -0.05) is 53.2 Å². The van der Waals surface area contributed by atoms with Gasteiger partial charge in [0.1, 0.15) is 71.6 Å². The number of rotatable bonds is 18. The molecule has 0 spiro atoms. The minimum Gasteiger partial charge on any atom is -0.393 e. The number of aromatic nitrogens is 2. The highest BCUT2D eigenvalue weighted by molar-refractivity contribution is 6.00. The van der Waals surface area contributed by atoms with E-state index < -0.39 is 172 Å². The molecule has 2 aliphatic heterocycles. The zero-order valence-electron chi connectivity index (χ0n) is 67.0. The lowest BCUT2D eigenvalue weighted by molar-refractivity contribution is -0.144. The molecule has 2 aromatic heterocycles. The zero-order chi connectivity index (χ0) is 82.6. The second-order valence-electron chi connectivity index (χ2n) is 32.4. The van der Waals surface area contributed by atoms with Crippen molar-refractivity contribution in [3.05, 3.63) is 42.2 Å². The first-order valence-corrected chi connectivity index (χ1v) is 40.2. The van der Waals surface area contributed by atoms with Gasteiger partial charge in [-0.3, -0.25) is 67.1 Å². The molecule has 0 aromatic carbocycles. The van der Waals surface area contributed by atoms with E-state index in [2.05, 4.69) is 73.8 Å². The van der Waals surface area contributed by atoms with Gasteiger partial charge in [0.25, 0.3) is 0 Å². The summed E-state index contributed by atoms with van der Waals surface area (Å²) in [6.45, 7) is 14.2. The minimum atomic E-state index is -1.92. The zero-order valence-corrected chi connectivity index (χ0v) is 67.0. The Morgan fingerprint density at radius 3 is 2.01 bits per heavy atom. The summed E-state index contributed by atoms with van der Waals surface area (Å²) in [5, 5.41) is 65.9. The highest BCUT2D eigenvalue weighted by Gasteiger charge is 2.45. The lowest BCUT2D eigenvalue weighted by Gasteiger charge is -2.36. The molecule has 112 heavy (non-hydrogen) atoms. The van der Waals surface area contributed by atoms with E-state index in [9.17, 15) is 63.3 Å². The third-order valence-electron chi connectivity index (χ3n) is 22.0. The number of aliphatic hydroxyl groups is 3. The second kappa shape index (κ2) is 44.4. The van der Waals surface area contributed by atoms with Gasteiger partial charge < -0.3 is 94.7 Å². The summed E-state index contributed by atoms with van der Waals surface area (Å²) < 4.78 is 0. The number of hydrogen-bond donors (Lipinski definition) is 17. The minimum absolute atomic E-state index is 0.00797. The lowest BCUT2D eigenvalue weighted by atomic mass is 9.82. The van der Waals surface area contributed by atoms with Crippen molar-refractivity contribution in [2.75, 3.05) is 20.1 Å². The quantitative estimate of drug-likeness (QED) is 0.0936. The molecule has 2 aliphatic carbocycles. The molecule has 2 saturated carbocycles. The maximum Gasteiger partial charge on any atom is 0.246 e. The van der Waals surface area contributed by atoms with E-state index in [0.717, 1.165) is 0 Å². The number of aliphatic hydroxyl groups excluding tert-OH is 3. The molecule has 6 rings (SSSR count). The lowest BCUT2D eigenvalue weighted by Crippen LogP contribution is -2.65. The average Bonchev–Trinajstić information content (AvgIpc) is 1.51. The van der Waals surface area contributed by atoms with E-state index in [1.807, 2.05) is 13.0 Å². The summed E-state index contributed by atoms with van der Waals surface area (Å²) in [7, 11) is 1.44. The van der Waals surface area contributed by atoms with Gasteiger partial charge in [-0.05, 0) is 203 Å². The van der Waals surface area contributed by atoms with Crippen molar-refractivity contribution in [3.63, 3.8) is 0 Å². The topological polar surface area (TPSA) is 502 Å². The smallest absolute Gasteiger partial charge is 0.246 e. The van der Waals surface area contributed by atoms with Crippen molar-refractivity contribution in [1.82, 2.24) is 78.7 Å². The predicted molar refractivity (Wildman–Crippen MR) is 416 cm³/mol. The molecule has 0 bridgehead atoms. The Morgan fingerprint density at radius 1 is 0.705 bits per heavy atom. The van der Waals surface area contributed by atoms with Gasteiger partial charge in [0.05, 0.1) is 18.3 Å². The molecule has 33 nitrogen and oxygen atoms in total. The number of aromatic amines is 1. The Labute approximate surface area is 656 Å². The number of nitrogens with zero attached hydrogens (tertiary/aromatic N) is 2. The van der Waals surface area contributed by atoms with Crippen LogP contribution in [0.25, 0.3) is 11.0 Å². The molecule has 0 radical (unpaired) electrons. The van der Waals surface area contributed by atoms with Crippen LogP contribution in [0.5, 0.6) is 0 Å². The van der Waals surface area contributed by atoms with Crippen LogP contribution in [0.4, 0.5) is 0 Å². The molecule has 0 unspecified atom stereocenters. The normalized spacial score (nSPS) is 28.4. The summed E-state index contributed by atoms with van der Waals surface area (Å²) in [6.07, 6.45) is 11.6. The summed E-state index contributed by atoms with van der Waals surface area (Å²) in [4.78, 5) is 207. The van der Waals surface area contributed by atoms with Crippen LogP contribution in [0.3, 0.4) is 0 Å². The van der Waals surface area contributed by atoms with Crippen molar-refractivity contribution >= 4 is 93.7 Å². The van der Waals surface area contributed by atoms with Crippen molar-refractivity contribution in [2.45, 2.75) is 314 Å². The second-order valence-corrected chi connectivity index (χ2v) is 32.4. The number of nitrogens with one attached hydrogen (secondary N) is 13. The van der Waals surface area contributed by atoms with E-state index in [1.165, 1.54) is 39.6 Å². The molecule has 33 heteroatoms. The standard InChI is InChI=1S/C79H126N16O17/c1-11-22-56(69(104)81-10)88-71(106)58(41-49-29-33-52(98)34-30-49)89-68(103)46(3)85-77(112)79(9)37-17-14-12-13-15-23-45(2)67(102)87-55(65(80)101)25-16-18-38-82-62(100)28-19-26-57(86-48(5)97)70(105)93-64(78(6,7)8)75(110)91-60(42-50-31-35-53(99)36-32-50)76(111)95-40-21-27-61(95)73(108)92-63(47(4)96)74(109)90-59(72(107)94-79)43-51-44-84-66-54(51)24-20-39-83-66/h12,14,20,24,39,44-47,49-50,52-53,55-61,63-64,96,98-99H,11,13,15-19,21-23,25-38,40-43H2,1-10H3,(H2,80,101)(H,81,104)(H,82,100)(H,83,84)(H,85,112)(H,86,97)(H,87,102)(H,88,106)(H,89,103)(H,90,109)(H,91,110)(H,92,108)(H,93,105)(H,94,107)/b14-12+/t45-,46+,47-,49?,50?,52?,53?,55+,56+,57+,58+,59+,60+,61+,63+,64-,79+/m1/s1. The van der Waals surface area contributed by atoms with Crippen molar-refractivity contribution < 1.29 is 82.4 Å². The van der Waals surface area contributed by atoms with Gasteiger partial charge in [0.15, 0.2) is 0 Å². The third kappa shape index (κ3) is 28.5. The molecule has 4 aliphatic rings. The number of amides is 14. The fourth-order valence-corrected chi connectivity index (χ4v) is 15.0. The first-order chi connectivity index (χ1) is 53.0. The number of allylic oxidation sites excluding steroid dienone is 2. The van der Waals surface area contributed by atoms with Gasteiger partial charge in [-0.25, -0.2) is 4.98 Å². The molecular formula is C79H126N16O17. The van der Waals surface area contributed by atoms with Crippen molar-refractivity contribution in [1.29, 1.82) is 0 Å². The fourth-order valence-electron chi connectivity index (χ4n) is 15.0. The number of likely N-dealkylation sites (N-methyl/N-ethyl adjacent to an activating group) is 1. The van der Waals surface area contributed by atoms with Crippen LogP contribution in [0.2, 0.25) is 0 Å². The number of hydrogen-bond acceptors (Lipinski definition) is 18. The molecular weight excluding hydrogens is 1440 g/mol. The highest BCUT2D eigenvalue weighted by atomic mass is 16.3. The number of carbonyl (C=O) groups is 14. The monoisotopic (exact) mass is 1570 g/mol. The Hall–Kier alpha value is -9.11. The Morgan fingerprint density at radius 2 is 1.37 bits per heavy atom. The Balaban J connectivity index is 1.35. The van der Waals surface area contributed by atoms with E-state index in [0.29, 0.717) is 119 Å². The molecule has 4 heterocycles. The highest BCUT2D eigenvalue weighted by Crippen LogP contribution is 2.32. The number of H-pyrrole nitrogens is 1. The van der Waals surface area contributed by atoms with E-state index >= 15 is 19.2 Å².